The zero-order valence-electron chi connectivity index (χ0n) is 18.3. The number of hydrogen-bond acceptors (Lipinski definition) is 4. The van der Waals surface area contributed by atoms with Gasteiger partial charge in [-0.1, -0.05) is 31.0 Å². The Bertz CT molecular complexity index is 703. The van der Waals surface area contributed by atoms with Crippen LogP contribution in [0.4, 0.5) is 0 Å². The summed E-state index contributed by atoms with van der Waals surface area (Å²) in [7, 11) is 3.65. The minimum absolute atomic E-state index is 0. The maximum atomic E-state index is 6.02. The standard InChI is InChI=1S/C23H35N3O3.HI/c1-24-22(26-13-15-29-21(16-26)20-10-7-14-28-20)25-17-23(11-5-6-12-23)18-8-3-4-9-19(18)27-2;/h3-4,8-9,20-21H,5-7,10-17H2,1-2H3,(H,24,25);1H. The van der Waals surface area contributed by atoms with Crippen LogP contribution in [0, 0.1) is 0 Å². The molecule has 2 atom stereocenters. The van der Waals surface area contributed by atoms with E-state index in [0.29, 0.717) is 0 Å². The molecular weight excluding hydrogens is 493 g/mol. The molecule has 6 nitrogen and oxygen atoms in total. The monoisotopic (exact) mass is 529 g/mol. The molecule has 1 N–H and O–H groups in total. The van der Waals surface area contributed by atoms with E-state index in [-0.39, 0.29) is 41.6 Å². The number of benzene rings is 1. The molecule has 0 amide bonds. The Morgan fingerprint density at radius 1 is 1.17 bits per heavy atom. The quantitative estimate of drug-likeness (QED) is 0.359. The highest BCUT2D eigenvalue weighted by Gasteiger charge is 2.38. The van der Waals surface area contributed by atoms with Crippen molar-refractivity contribution in [1.82, 2.24) is 10.2 Å². The molecule has 2 aliphatic heterocycles. The van der Waals surface area contributed by atoms with Crippen molar-refractivity contribution in [3.8, 4) is 5.75 Å². The van der Waals surface area contributed by atoms with E-state index < -0.39 is 0 Å². The SMILES string of the molecule is CN=C(NCC1(c2ccccc2OC)CCCC1)N1CCOC(C2CCCO2)C1.I. The Morgan fingerprint density at radius 3 is 2.63 bits per heavy atom. The molecule has 2 unspecified atom stereocenters. The average molecular weight is 529 g/mol. The Morgan fingerprint density at radius 2 is 1.93 bits per heavy atom. The first kappa shape index (κ1) is 23.6. The van der Waals surface area contributed by atoms with Crippen molar-refractivity contribution in [3.63, 3.8) is 0 Å². The number of halogens is 1. The zero-order valence-corrected chi connectivity index (χ0v) is 20.6. The second-order valence-electron chi connectivity index (χ2n) is 8.50. The van der Waals surface area contributed by atoms with Gasteiger partial charge in [-0.3, -0.25) is 4.99 Å². The Kier molecular flexibility index (Phi) is 8.65. The van der Waals surface area contributed by atoms with E-state index in [9.17, 15) is 0 Å². The summed E-state index contributed by atoms with van der Waals surface area (Å²) in [5.74, 6) is 1.97. The van der Waals surface area contributed by atoms with Gasteiger partial charge in [0.15, 0.2) is 5.96 Å². The maximum absolute atomic E-state index is 6.02. The van der Waals surface area contributed by atoms with Gasteiger partial charge in [-0.2, -0.15) is 0 Å². The van der Waals surface area contributed by atoms with E-state index in [0.717, 1.165) is 57.4 Å². The fraction of sp³-hybridized carbons (Fsp3) is 0.696. The van der Waals surface area contributed by atoms with Crippen molar-refractivity contribution in [3.05, 3.63) is 29.8 Å². The van der Waals surface area contributed by atoms with Gasteiger partial charge in [0, 0.05) is 44.3 Å². The summed E-state index contributed by atoms with van der Waals surface area (Å²) in [6, 6.07) is 8.49. The normalized spacial score (nSPS) is 26.3. The summed E-state index contributed by atoms with van der Waals surface area (Å²) in [6.45, 7) is 4.17. The molecule has 2 heterocycles. The first-order chi connectivity index (χ1) is 14.3. The van der Waals surface area contributed by atoms with Crippen LogP contribution < -0.4 is 10.1 Å². The summed E-state index contributed by atoms with van der Waals surface area (Å²) < 4.78 is 17.6. The number of ether oxygens (including phenoxy) is 3. The van der Waals surface area contributed by atoms with Crippen LogP contribution in [0.5, 0.6) is 5.75 Å². The predicted molar refractivity (Wildman–Crippen MR) is 130 cm³/mol. The van der Waals surface area contributed by atoms with Crippen LogP contribution in [0.2, 0.25) is 0 Å². The van der Waals surface area contributed by atoms with Gasteiger partial charge in [0.05, 0.1) is 19.8 Å². The summed E-state index contributed by atoms with van der Waals surface area (Å²) in [6.07, 6.45) is 7.48. The van der Waals surface area contributed by atoms with Crippen LogP contribution in [-0.2, 0) is 14.9 Å². The van der Waals surface area contributed by atoms with Crippen LogP contribution in [0.25, 0.3) is 0 Å². The van der Waals surface area contributed by atoms with Gasteiger partial charge in [0.1, 0.15) is 11.9 Å². The van der Waals surface area contributed by atoms with Crippen LogP contribution in [0.3, 0.4) is 0 Å². The van der Waals surface area contributed by atoms with E-state index in [1.54, 1.807) is 7.11 Å². The fourth-order valence-electron chi connectivity index (χ4n) is 5.24. The molecule has 1 aromatic rings. The van der Waals surface area contributed by atoms with Gasteiger partial charge < -0.3 is 24.4 Å². The van der Waals surface area contributed by atoms with Crippen LogP contribution in [0.1, 0.15) is 44.1 Å². The Hall–Kier alpha value is -1.06. The smallest absolute Gasteiger partial charge is 0.193 e. The predicted octanol–water partition coefficient (Wildman–Crippen LogP) is 3.58. The van der Waals surface area contributed by atoms with Crippen LogP contribution in [-0.4, -0.2) is 70.1 Å². The summed E-state index contributed by atoms with van der Waals surface area (Å²) in [5, 5.41) is 3.71. The molecule has 3 aliphatic rings. The largest absolute Gasteiger partial charge is 0.496 e. The molecule has 1 aliphatic carbocycles. The molecule has 0 aromatic heterocycles. The molecule has 0 radical (unpaired) electrons. The Balaban J connectivity index is 0.00000256. The number of rotatable bonds is 5. The number of nitrogens with zero attached hydrogens (tertiary/aromatic N) is 2. The number of guanidine groups is 1. The minimum Gasteiger partial charge on any atom is -0.496 e. The second kappa shape index (κ2) is 11.0. The summed E-state index contributed by atoms with van der Waals surface area (Å²) >= 11 is 0. The third-order valence-electron chi connectivity index (χ3n) is 6.81. The molecule has 0 bridgehead atoms. The average Bonchev–Trinajstić information content (AvgIpc) is 3.47. The zero-order chi connectivity index (χ0) is 20.1. The van der Waals surface area contributed by atoms with Gasteiger partial charge in [0.2, 0.25) is 0 Å². The van der Waals surface area contributed by atoms with Crippen molar-refractivity contribution in [2.45, 2.75) is 56.1 Å². The maximum Gasteiger partial charge on any atom is 0.193 e. The molecule has 168 valence electrons. The molecule has 0 spiro atoms. The molecular formula is C23H36IN3O3. The lowest BCUT2D eigenvalue weighted by atomic mass is 9.78. The molecule has 3 fully saturated rings. The fourth-order valence-corrected chi connectivity index (χ4v) is 5.24. The van der Waals surface area contributed by atoms with Crippen molar-refractivity contribution in [2.75, 3.05) is 47.0 Å². The summed E-state index contributed by atoms with van der Waals surface area (Å²) in [4.78, 5) is 6.94. The van der Waals surface area contributed by atoms with Crippen molar-refractivity contribution >= 4 is 29.9 Å². The number of morpholine rings is 1. The van der Waals surface area contributed by atoms with Crippen LogP contribution >= 0.6 is 24.0 Å². The highest BCUT2D eigenvalue weighted by Crippen LogP contribution is 2.44. The van der Waals surface area contributed by atoms with Gasteiger partial charge >= 0.3 is 0 Å². The minimum atomic E-state index is 0. The topological polar surface area (TPSA) is 55.3 Å². The van der Waals surface area contributed by atoms with E-state index >= 15 is 0 Å². The van der Waals surface area contributed by atoms with Gasteiger partial charge in [-0.05, 0) is 31.7 Å². The molecule has 1 saturated carbocycles. The first-order valence-corrected chi connectivity index (χ1v) is 11.1. The third-order valence-corrected chi connectivity index (χ3v) is 6.81. The van der Waals surface area contributed by atoms with Crippen molar-refractivity contribution in [2.24, 2.45) is 4.99 Å². The molecule has 4 rings (SSSR count). The highest BCUT2D eigenvalue weighted by atomic mass is 127. The highest BCUT2D eigenvalue weighted by molar-refractivity contribution is 14.0. The van der Waals surface area contributed by atoms with Gasteiger partial charge in [0.25, 0.3) is 0 Å². The van der Waals surface area contributed by atoms with Crippen molar-refractivity contribution in [1.29, 1.82) is 0 Å². The number of hydrogen-bond donors (Lipinski definition) is 1. The Labute approximate surface area is 197 Å². The lowest BCUT2D eigenvalue weighted by molar-refractivity contribution is -0.0817. The van der Waals surface area contributed by atoms with Crippen molar-refractivity contribution < 1.29 is 14.2 Å². The van der Waals surface area contributed by atoms with E-state index in [2.05, 4.69) is 39.5 Å². The molecule has 30 heavy (non-hydrogen) atoms. The van der Waals surface area contributed by atoms with Gasteiger partial charge in [-0.15, -0.1) is 24.0 Å². The number of para-hydroxylation sites is 1. The molecule has 1 aromatic carbocycles. The number of methoxy groups -OCH3 is 1. The number of nitrogens with one attached hydrogen (secondary N) is 1. The molecule has 2 saturated heterocycles. The molecule has 7 heteroatoms. The van der Waals surface area contributed by atoms with Crippen LogP contribution in [0.15, 0.2) is 29.3 Å². The lowest BCUT2D eigenvalue weighted by Crippen LogP contribution is -2.54. The third kappa shape index (κ3) is 5.05. The first-order valence-electron chi connectivity index (χ1n) is 11.1. The van der Waals surface area contributed by atoms with E-state index in [1.807, 2.05) is 7.05 Å². The number of aliphatic imine (C=N–C) groups is 1. The summed E-state index contributed by atoms with van der Waals surface area (Å²) in [5.41, 5.74) is 1.42. The van der Waals surface area contributed by atoms with E-state index in [1.165, 1.54) is 31.2 Å². The van der Waals surface area contributed by atoms with E-state index in [4.69, 9.17) is 14.2 Å². The van der Waals surface area contributed by atoms with Gasteiger partial charge in [-0.25, -0.2) is 0 Å². The lowest BCUT2D eigenvalue weighted by Gasteiger charge is -2.38. The second-order valence-corrected chi connectivity index (χ2v) is 8.50.